The van der Waals surface area contributed by atoms with Gasteiger partial charge >= 0.3 is 0 Å². The number of ether oxygens (including phenoxy) is 1. The molecular weight excluding hydrogens is 424 g/mol. The van der Waals surface area contributed by atoms with Crippen LogP contribution >= 0.6 is 0 Å². The fourth-order valence-electron chi connectivity index (χ4n) is 11.5. The van der Waals surface area contributed by atoms with Gasteiger partial charge in [-0.05, 0) is 124 Å². The van der Waals surface area contributed by atoms with Crippen LogP contribution < -0.4 is 0 Å². The van der Waals surface area contributed by atoms with Crippen LogP contribution in [0.4, 0.5) is 0 Å². The first-order chi connectivity index (χ1) is 15.5. The van der Waals surface area contributed by atoms with Crippen molar-refractivity contribution in [3.63, 3.8) is 0 Å². The zero-order chi connectivity index (χ0) is 25.1. The van der Waals surface area contributed by atoms with Gasteiger partial charge in [-0.1, -0.05) is 34.6 Å². The summed E-state index contributed by atoms with van der Waals surface area (Å²) in [5, 5.41) is 34.6. The molecule has 3 N–H and O–H groups in total. The van der Waals surface area contributed by atoms with E-state index in [2.05, 4.69) is 55.4 Å². The highest BCUT2D eigenvalue weighted by Gasteiger charge is 2.73. The van der Waals surface area contributed by atoms with Gasteiger partial charge in [0.25, 0.3) is 0 Å². The Morgan fingerprint density at radius 2 is 1.41 bits per heavy atom. The Kier molecular flexibility index (Phi) is 5.59. The van der Waals surface area contributed by atoms with Crippen molar-refractivity contribution in [2.45, 2.75) is 143 Å². The Bertz CT molecular complexity index is 823. The molecule has 0 amide bonds. The van der Waals surface area contributed by atoms with E-state index < -0.39 is 6.10 Å². The van der Waals surface area contributed by atoms with E-state index in [1.165, 1.54) is 6.42 Å². The van der Waals surface area contributed by atoms with E-state index in [-0.39, 0.29) is 56.9 Å². The van der Waals surface area contributed by atoms with E-state index in [0.29, 0.717) is 11.8 Å². The van der Waals surface area contributed by atoms with Crippen molar-refractivity contribution in [2.75, 3.05) is 0 Å². The molecule has 4 aliphatic carbocycles. The standard InChI is InChI=1S/C30H52O4/c1-25(2)12-9-13-30(8,34-25)18-10-15-28(6)23(18)19(31)16-21-27(5)14-11-22(33)26(3,4)24(27)20(32)17-29(21,28)7/h18-24,31-33H,9-17H2,1-8H3/t18?,19-,20+,21?,22+,23?,24?,27-,28-,29-,30+/m1/s1. The minimum Gasteiger partial charge on any atom is -0.393 e. The summed E-state index contributed by atoms with van der Waals surface area (Å²) in [6.45, 7) is 18.4. The first kappa shape index (κ1) is 25.5. The smallest absolute Gasteiger partial charge is 0.0693 e. The molecule has 34 heavy (non-hydrogen) atoms. The molecule has 4 heteroatoms. The number of fused-ring (bicyclic) bond motifs is 5. The third-order valence-electron chi connectivity index (χ3n) is 13.0. The number of hydrogen-bond donors (Lipinski definition) is 3. The van der Waals surface area contributed by atoms with Gasteiger partial charge in [-0.3, -0.25) is 0 Å². The van der Waals surface area contributed by atoms with Crippen LogP contribution in [0.25, 0.3) is 0 Å². The van der Waals surface area contributed by atoms with Crippen LogP contribution in [0.2, 0.25) is 0 Å². The third-order valence-corrected chi connectivity index (χ3v) is 13.0. The van der Waals surface area contributed by atoms with Gasteiger partial charge in [0.05, 0.1) is 29.5 Å². The first-order valence-electron chi connectivity index (χ1n) is 14.3. The fraction of sp³-hybridized carbons (Fsp3) is 1.00. The summed E-state index contributed by atoms with van der Waals surface area (Å²) in [6.07, 6.45) is 7.79. The minimum atomic E-state index is -0.414. The maximum Gasteiger partial charge on any atom is 0.0693 e. The second-order valence-corrected chi connectivity index (χ2v) is 15.5. The maximum atomic E-state index is 11.9. The minimum absolute atomic E-state index is 0.0247. The SMILES string of the molecule is CC1(C)CCC[C@@](C)(C2CC[C@]3(C)C2[C@H](O)CC2[C@@]4(C)CC[C@H](O)C(C)(C)C4[C@@H](O)C[C@]23C)O1. The Balaban J connectivity index is 1.54. The zero-order valence-electron chi connectivity index (χ0n) is 23.2. The van der Waals surface area contributed by atoms with Crippen LogP contribution in [0.3, 0.4) is 0 Å². The largest absolute Gasteiger partial charge is 0.393 e. The predicted molar refractivity (Wildman–Crippen MR) is 135 cm³/mol. The highest BCUT2D eigenvalue weighted by Crippen LogP contribution is 2.76. The molecule has 0 aromatic rings. The molecule has 0 aromatic carbocycles. The molecule has 4 nitrogen and oxygen atoms in total. The average molecular weight is 477 g/mol. The normalized spacial score (nSPS) is 58.5. The highest BCUT2D eigenvalue weighted by molar-refractivity contribution is 5.21. The maximum absolute atomic E-state index is 11.9. The molecule has 5 fully saturated rings. The first-order valence-corrected chi connectivity index (χ1v) is 14.3. The topological polar surface area (TPSA) is 69.9 Å². The van der Waals surface area contributed by atoms with Crippen LogP contribution in [-0.2, 0) is 4.74 Å². The molecular formula is C30H52O4. The predicted octanol–water partition coefficient (Wildman–Crippen LogP) is 5.71. The molecule has 5 aliphatic rings. The molecule has 1 saturated heterocycles. The van der Waals surface area contributed by atoms with Crippen molar-refractivity contribution in [3.8, 4) is 0 Å². The Labute approximate surface area is 208 Å². The van der Waals surface area contributed by atoms with E-state index in [0.717, 1.165) is 51.4 Å². The van der Waals surface area contributed by atoms with E-state index in [1.807, 2.05) is 0 Å². The molecule has 4 unspecified atom stereocenters. The van der Waals surface area contributed by atoms with Crippen LogP contribution in [0.15, 0.2) is 0 Å². The van der Waals surface area contributed by atoms with Crippen molar-refractivity contribution in [1.29, 1.82) is 0 Å². The fourth-order valence-corrected chi connectivity index (χ4v) is 11.5. The monoisotopic (exact) mass is 476 g/mol. The quantitative estimate of drug-likeness (QED) is 0.453. The van der Waals surface area contributed by atoms with Gasteiger partial charge in [-0.15, -0.1) is 0 Å². The van der Waals surface area contributed by atoms with Gasteiger partial charge in [0.2, 0.25) is 0 Å². The molecule has 0 bridgehead atoms. The summed E-state index contributed by atoms with van der Waals surface area (Å²) < 4.78 is 6.83. The van der Waals surface area contributed by atoms with E-state index in [4.69, 9.17) is 4.74 Å². The van der Waals surface area contributed by atoms with Gasteiger partial charge in [0.1, 0.15) is 0 Å². The van der Waals surface area contributed by atoms with Crippen molar-refractivity contribution < 1.29 is 20.1 Å². The Hall–Kier alpha value is -0.160. The summed E-state index contributed by atoms with van der Waals surface area (Å²) in [4.78, 5) is 0. The van der Waals surface area contributed by atoms with Crippen molar-refractivity contribution >= 4 is 0 Å². The van der Waals surface area contributed by atoms with Crippen molar-refractivity contribution in [1.82, 2.24) is 0 Å². The third kappa shape index (κ3) is 3.16. The summed E-state index contributed by atoms with van der Waals surface area (Å²) >= 11 is 0. The lowest BCUT2D eigenvalue weighted by Gasteiger charge is -2.71. The molecule has 196 valence electrons. The van der Waals surface area contributed by atoms with Gasteiger partial charge in [-0.2, -0.15) is 0 Å². The highest BCUT2D eigenvalue weighted by atomic mass is 16.5. The molecule has 11 atom stereocenters. The average Bonchev–Trinajstić information content (AvgIpc) is 3.07. The van der Waals surface area contributed by atoms with E-state index in [1.54, 1.807) is 0 Å². The number of aliphatic hydroxyl groups excluding tert-OH is 3. The Morgan fingerprint density at radius 1 is 0.735 bits per heavy atom. The van der Waals surface area contributed by atoms with Crippen LogP contribution in [-0.4, -0.2) is 44.8 Å². The van der Waals surface area contributed by atoms with Gasteiger partial charge in [0, 0.05) is 0 Å². The lowest BCUT2D eigenvalue weighted by Crippen LogP contribution is -2.70. The Morgan fingerprint density at radius 3 is 2.06 bits per heavy atom. The van der Waals surface area contributed by atoms with E-state index in [9.17, 15) is 15.3 Å². The second kappa shape index (κ2) is 7.45. The van der Waals surface area contributed by atoms with Crippen molar-refractivity contribution in [2.24, 2.45) is 45.3 Å². The van der Waals surface area contributed by atoms with Gasteiger partial charge < -0.3 is 20.1 Å². The summed E-state index contributed by atoms with van der Waals surface area (Å²) in [6, 6.07) is 0. The number of rotatable bonds is 1. The molecule has 0 aromatic heterocycles. The van der Waals surface area contributed by atoms with Crippen LogP contribution in [0.1, 0.15) is 113 Å². The molecule has 1 aliphatic heterocycles. The van der Waals surface area contributed by atoms with Crippen molar-refractivity contribution in [3.05, 3.63) is 0 Å². The second-order valence-electron chi connectivity index (χ2n) is 15.5. The number of aliphatic hydroxyl groups is 3. The molecule has 0 radical (unpaired) electrons. The van der Waals surface area contributed by atoms with Crippen LogP contribution in [0.5, 0.6) is 0 Å². The van der Waals surface area contributed by atoms with Crippen LogP contribution in [0, 0.1) is 45.3 Å². The lowest BCUT2D eigenvalue weighted by atomic mass is 9.34. The summed E-state index contributed by atoms with van der Waals surface area (Å²) in [5.41, 5.74) is -0.739. The van der Waals surface area contributed by atoms with Gasteiger partial charge in [0.15, 0.2) is 0 Å². The lowest BCUT2D eigenvalue weighted by molar-refractivity contribution is -0.279. The molecule has 1 heterocycles. The van der Waals surface area contributed by atoms with Gasteiger partial charge in [-0.25, -0.2) is 0 Å². The number of hydrogen-bond acceptors (Lipinski definition) is 4. The molecule has 5 rings (SSSR count). The summed E-state index contributed by atoms with van der Waals surface area (Å²) in [7, 11) is 0. The van der Waals surface area contributed by atoms with E-state index >= 15 is 0 Å². The molecule has 0 spiro atoms. The summed E-state index contributed by atoms with van der Waals surface area (Å²) in [5.74, 6) is 0.984. The zero-order valence-corrected chi connectivity index (χ0v) is 23.2. The molecule has 4 saturated carbocycles.